The number of carbonyl (C=O) groups is 1. The van der Waals surface area contributed by atoms with Crippen LogP contribution < -0.4 is 10.1 Å². The van der Waals surface area contributed by atoms with E-state index in [1.54, 1.807) is 6.07 Å². The quantitative estimate of drug-likeness (QED) is 0.863. The summed E-state index contributed by atoms with van der Waals surface area (Å²) in [6.07, 6.45) is 0.635. The zero-order valence-corrected chi connectivity index (χ0v) is 15.0. The summed E-state index contributed by atoms with van der Waals surface area (Å²) in [5, 5.41) is 21.3. The predicted octanol–water partition coefficient (Wildman–Crippen LogP) is 3.60. The summed E-state index contributed by atoms with van der Waals surface area (Å²) in [5.41, 5.74) is 4.83. The first-order valence-corrected chi connectivity index (χ1v) is 8.79. The van der Waals surface area contributed by atoms with Crippen molar-refractivity contribution >= 4 is 11.6 Å². The lowest BCUT2D eigenvalue weighted by atomic mass is 9.94. The summed E-state index contributed by atoms with van der Waals surface area (Å²) in [6.45, 7) is 4.58. The topological polar surface area (TPSA) is 82.4 Å². The molecule has 0 aliphatic carbocycles. The summed E-state index contributed by atoms with van der Waals surface area (Å²) in [7, 11) is 0. The maximum absolute atomic E-state index is 11.9. The molecule has 0 spiro atoms. The van der Waals surface area contributed by atoms with Gasteiger partial charge in [-0.15, -0.1) is 0 Å². The van der Waals surface area contributed by atoms with Crippen molar-refractivity contribution in [3.63, 3.8) is 0 Å². The zero-order valence-electron chi connectivity index (χ0n) is 15.0. The van der Waals surface area contributed by atoms with Gasteiger partial charge in [0, 0.05) is 17.5 Å². The number of hydrogen-bond acceptors (Lipinski definition) is 4. The molecule has 26 heavy (non-hydrogen) atoms. The molecular formula is C21H22N2O3. The number of nitrogens with one attached hydrogen (secondary N) is 1. The summed E-state index contributed by atoms with van der Waals surface area (Å²) < 4.78 is 5.81. The Morgan fingerprint density at radius 1 is 1.35 bits per heavy atom. The number of anilines is 1. The number of amides is 1. The number of aliphatic hydroxyl groups is 1. The van der Waals surface area contributed by atoms with Crippen molar-refractivity contribution in [2.75, 3.05) is 18.5 Å². The molecule has 0 saturated carbocycles. The van der Waals surface area contributed by atoms with Crippen LogP contribution in [0.1, 0.15) is 42.9 Å². The van der Waals surface area contributed by atoms with Gasteiger partial charge in [-0.2, -0.15) is 5.26 Å². The Balaban J connectivity index is 2.09. The van der Waals surface area contributed by atoms with Gasteiger partial charge in [-0.1, -0.05) is 38.1 Å². The largest absolute Gasteiger partial charge is 0.492 e. The van der Waals surface area contributed by atoms with Crippen LogP contribution >= 0.6 is 0 Å². The van der Waals surface area contributed by atoms with E-state index in [0.717, 1.165) is 22.4 Å². The molecule has 5 nitrogen and oxygen atoms in total. The number of fused-ring (bicyclic) bond motifs is 1. The lowest BCUT2D eigenvalue weighted by Crippen LogP contribution is -2.14. The SMILES string of the molecule is CC(C)c1ccc(-c2cc(NC(=O)CCO)c(C#N)c3c2OCC3)cc1. The molecule has 1 aliphatic rings. The second-order valence-electron chi connectivity index (χ2n) is 6.66. The monoisotopic (exact) mass is 350 g/mol. The van der Waals surface area contributed by atoms with E-state index in [2.05, 4.69) is 37.4 Å². The highest BCUT2D eigenvalue weighted by molar-refractivity contribution is 5.94. The van der Waals surface area contributed by atoms with E-state index in [4.69, 9.17) is 9.84 Å². The lowest BCUT2D eigenvalue weighted by Gasteiger charge is -2.15. The average molecular weight is 350 g/mol. The van der Waals surface area contributed by atoms with E-state index < -0.39 is 0 Å². The third kappa shape index (κ3) is 3.42. The molecule has 1 amide bonds. The molecule has 2 N–H and O–H groups in total. The Morgan fingerprint density at radius 2 is 2.08 bits per heavy atom. The van der Waals surface area contributed by atoms with Crippen LogP contribution in [0, 0.1) is 11.3 Å². The van der Waals surface area contributed by atoms with Gasteiger partial charge in [-0.3, -0.25) is 4.79 Å². The van der Waals surface area contributed by atoms with Crippen LogP contribution in [0.3, 0.4) is 0 Å². The minimum Gasteiger partial charge on any atom is -0.492 e. The van der Waals surface area contributed by atoms with Crippen LogP contribution in [0.4, 0.5) is 5.69 Å². The van der Waals surface area contributed by atoms with E-state index in [0.29, 0.717) is 30.2 Å². The minimum atomic E-state index is -0.316. The highest BCUT2D eigenvalue weighted by Gasteiger charge is 2.25. The van der Waals surface area contributed by atoms with Gasteiger partial charge in [0.05, 0.1) is 30.9 Å². The van der Waals surface area contributed by atoms with E-state index >= 15 is 0 Å². The number of rotatable bonds is 5. The summed E-state index contributed by atoms with van der Waals surface area (Å²) in [5.74, 6) is 0.850. The molecule has 0 aromatic heterocycles. The highest BCUT2D eigenvalue weighted by Crippen LogP contribution is 2.42. The number of nitriles is 1. The number of benzene rings is 2. The van der Waals surface area contributed by atoms with Crippen molar-refractivity contribution in [2.24, 2.45) is 0 Å². The second kappa shape index (κ2) is 7.59. The molecule has 0 fully saturated rings. The third-order valence-electron chi connectivity index (χ3n) is 4.59. The van der Waals surface area contributed by atoms with Crippen LogP contribution in [0.15, 0.2) is 30.3 Å². The molecule has 1 heterocycles. The fourth-order valence-corrected chi connectivity index (χ4v) is 3.18. The van der Waals surface area contributed by atoms with Crippen molar-refractivity contribution < 1.29 is 14.6 Å². The Labute approximate surface area is 153 Å². The molecule has 5 heteroatoms. The van der Waals surface area contributed by atoms with Crippen LogP contribution in [0.25, 0.3) is 11.1 Å². The molecule has 0 unspecified atom stereocenters. The first kappa shape index (κ1) is 18.0. The standard InChI is InChI=1S/C21H22N2O3/c1-13(2)14-3-5-15(6-4-14)17-11-19(23-20(25)7-9-24)18(12-22)16-8-10-26-21(16)17/h3-6,11,13,24H,7-10H2,1-2H3,(H,23,25). The van der Waals surface area contributed by atoms with Crippen LogP contribution in [-0.4, -0.2) is 24.2 Å². The van der Waals surface area contributed by atoms with E-state index in [1.807, 2.05) is 12.1 Å². The summed E-state index contributed by atoms with van der Waals surface area (Å²) in [6, 6.07) is 12.2. The van der Waals surface area contributed by atoms with Gasteiger partial charge in [0.2, 0.25) is 5.91 Å². The Morgan fingerprint density at radius 3 is 2.69 bits per heavy atom. The predicted molar refractivity (Wildman–Crippen MR) is 100 cm³/mol. The van der Waals surface area contributed by atoms with E-state index in [-0.39, 0.29) is 18.9 Å². The van der Waals surface area contributed by atoms with Gasteiger partial charge in [0.25, 0.3) is 0 Å². The van der Waals surface area contributed by atoms with Gasteiger partial charge in [-0.25, -0.2) is 0 Å². The van der Waals surface area contributed by atoms with Crippen molar-refractivity contribution in [1.29, 1.82) is 5.26 Å². The Hall–Kier alpha value is -2.84. The van der Waals surface area contributed by atoms with Crippen molar-refractivity contribution in [2.45, 2.75) is 32.6 Å². The molecule has 134 valence electrons. The smallest absolute Gasteiger partial charge is 0.226 e. The van der Waals surface area contributed by atoms with Crippen molar-refractivity contribution in [1.82, 2.24) is 0 Å². The van der Waals surface area contributed by atoms with Crippen molar-refractivity contribution in [3.05, 3.63) is 47.0 Å². The number of hydrogen-bond donors (Lipinski definition) is 2. The molecule has 1 aliphatic heterocycles. The van der Waals surface area contributed by atoms with Gasteiger partial charge in [0.15, 0.2) is 0 Å². The van der Waals surface area contributed by atoms with Gasteiger partial charge in [-0.05, 0) is 23.1 Å². The highest BCUT2D eigenvalue weighted by atomic mass is 16.5. The maximum atomic E-state index is 11.9. The van der Waals surface area contributed by atoms with Crippen molar-refractivity contribution in [3.8, 4) is 22.9 Å². The summed E-state index contributed by atoms with van der Waals surface area (Å²) >= 11 is 0. The molecule has 0 saturated heterocycles. The molecule has 0 radical (unpaired) electrons. The van der Waals surface area contributed by atoms with Gasteiger partial charge >= 0.3 is 0 Å². The Bertz CT molecular complexity index is 864. The normalized spacial score (nSPS) is 12.4. The summed E-state index contributed by atoms with van der Waals surface area (Å²) in [4.78, 5) is 11.9. The molecule has 0 bridgehead atoms. The molecule has 3 rings (SSSR count). The second-order valence-corrected chi connectivity index (χ2v) is 6.66. The number of aliphatic hydroxyl groups excluding tert-OH is 1. The number of carbonyl (C=O) groups excluding carboxylic acids is 1. The molecule has 0 atom stereocenters. The first-order chi connectivity index (χ1) is 12.5. The molecule has 2 aromatic rings. The minimum absolute atomic E-state index is 0.00310. The van der Waals surface area contributed by atoms with E-state index in [1.165, 1.54) is 5.56 Å². The third-order valence-corrected chi connectivity index (χ3v) is 4.59. The van der Waals surface area contributed by atoms with Crippen LogP contribution in [0.2, 0.25) is 0 Å². The Kier molecular flexibility index (Phi) is 5.24. The fourth-order valence-electron chi connectivity index (χ4n) is 3.18. The van der Waals surface area contributed by atoms with Crippen LogP contribution in [-0.2, 0) is 11.2 Å². The van der Waals surface area contributed by atoms with Crippen LogP contribution in [0.5, 0.6) is 5.75 Å². The maximum Gasteiger partial charge on any atom is 0.226 e. The molecular weight excluding hydrogens is 328 g/mol. The first-order valence-electron chi connectivity index (χ1n) is 8.79. The van der Waals surface area contributed by atoms with Gasteiger partial charge < -0.3 is 15.2 Å². The lowest BCUT2D eigenvalue weighted by molar-refractivity contribution is -0.116. The number of ether oxygens (including phenoxy) is 1. The fraction of sp³-hybridized carbons (Fsp3) is 0.333. The van der Waals surface area contributed by atoms with E-state index in [9.17, 15) is 10.1 Å². The zero-order chi connectivity index (χ0) is 18.7. The average Bonchev–Trinajstić information content (AvgIpc) is 3.11. The molecule has 2 aromatic carbocycles. The number of nitrogens with zero attached hydrogens (tertiary/aromatic N) is 1. The van der Waals surface area contributed by atoms with Gasteiger partial charge in [0.1, 0.15) is 11.8 Å².